The fraction of sp³-hybridized carbons (Fsp3) is 0.192. The molecule has 1 saturated carbocycles. The van der Waals surface area contributed by atoms with Gasteiger partial charge in [0.05, 0.1) is 0 Å². The Hall–Kier alpha value is -3.33. The van der Waals surface area contributed by atoms with E-state index in [9.17, 15) is 14.4 Å². The number of benzene rings is 3. The highest BCUT2D eigenvalue weighted by Crippen LogP contribution is 2.59. The molecule has 0 aliphatic heterocycles. The van der Waals surface area contributed by atoms with Gasteiger partial charge in [-0.25, -0.2) is 0 Å². The molecule has 2 aliphatic carbocycles. The van der Waals surface area contributed by atoms with Crippen molar-refractivity contribution in [3.8, 4) is 0 Å². The van der Waals surface area contributed by atoms with Crippen molar-refractivity contribution in [2.24, 2.45) is 5.41 Å². The largest absolute Gasteiger partial charge is 0.300 e. The van der Waals surface area contributed by atoms with E-state index in [1.165, 1.54) is 0 Å². The van der Waals surface area contributed by atoms with Gasteiger partial charge >= 0.3 is 0 Å². The first-order chi connectivity index (χ1) is 14.1. The van der Waals surface area contributed by atoms with E-state index in [1.54, 1.807) is 24.3 Å². The molecule has 0 N–H and O–H groups in total. The van der Waals surface area contributed by atoms with Gasteiger partial charge in [-0.05, 0) is 11.1 Å². The van der Waals surface area contributed by atoms with Crippen LogP contribution in [0, 0.1) is 5.41 Å². The number of hydrogen-bond donors (Lipinski definition) is 0. The quantitative estimate of drug-likeness (QED) is 0.589. The molecule has 3 aromatic rings. The van der Waals surface area contributed by atoms with Gasteiger partial charge in [0.15, 0.2) is 11.6 Å². The van der Waals surface area contributed by atoms with Crippen LogP contribution in [0.4, 0.5) is 0 Å². The van der Waals surface area contributed by atoms with Gasteiger partial charge < -0.3 is 0 Å². The van der Waals surface area contributed by atoms with Gasteiger partial charge in [0.2, 0.25) is 0 Å². The van der Waals surface area contributed by atoms with E-state index in [-0.39, 0.29) is 30.2 Å². The lowest BCUT2D eigenvalue weighted by atomic mass is 9.54. The summed E-state index contributed by atoms with van der Waals surface area (Å²) in [4.78, 5) is 40.7. The normalized spacial score (nSPS) is 22.7. The molecule has 0 aromatic heterocycles. The average molecular weight is 380 g/mol. The zero-order valence-corrected chi connectivity index (χ0v) is 15.9. The Morgan fingerprint density at radius 2 is 0.931 bits per heavy atom. The average Bonchev–Trinajstić information content (AvgIpc) is 2.99. The van der Waals surface area contributed by atoms with Gasteiger partial charge in [-0.1, -0.05) is 84.9 Å². The van der Waals surface area contributed by atoms with Crippen LogP contribution in [0.1, 0.15) is 56.5 Å². The molecule has 0 bridgehead atoms. The number of rotatable bonds is 2. The van der Waals surface area contributed by atoms with Crippen LogP contribution in [0.5, 0.6) is 0 Å². The minimum Gasteiger partial charge on any atom is -0.300 e. The van der Waals surface area contributed by atoms with Crippen LogP contribution in [-0.2, 0) is 4.79 Å². The van der Waals surface area contributed by atoms with Crippen LogP contribution in [0.25, 0.3) is 0 Å². The summed E-state index contributed by atoms with van der Waals surface area (Å²) in [7, 11) is 0. The zero-order valence-electron chi connectivity index (χ0n) is 15.9. The van der Waals surface area contributed by atoms with Crippen LogP contribution in [0.15, 0.2) is 84.9 Å². The number of hydrogen-bond acceptors (Lipinski definition) is 3. The monoisotopic (exact) mass is 380 g/mol. The minimum absolute atomic E-state index is 0.0925. The molecule has 3 nitrogen and oxygen atoms in total. The van der Waals surface area contributed by atoms with E-state index in [1.807, 2.05) is 60.7 Å². The third kappa shape index (κ3) is 2.47. The second kappa shape index (κ2) is 6.63. The first-order valence-corrected chi connectivity index (χ1v) is 9.94. The third-order valence-electron chi connectivity index (χ3n) is 6.53. The molecule has 5 rings (SSSR count). The molecule has 3 heteroatoms. The Morgan fingerprint density at radius 3 is 1.34 bits per heavy atom. The van der Waals surface area contributed by atoms with Crippen molar-refractivity contribution in [2.45, 2.75) is 24.7 Å². The maximum absolute atomic E-state index is 13.9. The van der Waals surface area contributed by atoms with Crippen molar-refractivity contribution in [3.63, 3.8) is 0 Å². The summed E-state index contributed by atoms with van der Waals surface area (Å²) >= 11 is 0. The second-order valence-corrected chi connectivity index (χ2v) is 7.95. The number of fused-ring (bicyclic) bond motifs is 1. The van der Waals surface area contributed by atoms with Gasteiger partial charge in [0, 0.05) is 35.8 Å². The molecule has 0 unspecified atom stereocenters. The zero-order chi connectivity index (χ0) is 20.0. The van der Waals surface area contributed by atoms with E-state index in [2.05, 4.69) is 0 Å². The summed E-state index contributed by atoms with van der Waals surface area (Å²) in [5, 5.41) is 0. The van der Waals surface area contributed by atoms with Gasteiger partial charge in [0.25, 0.3) is 0 Å². The fourth-order valence-electron chi connectivity index (χ4n) is 5.30. The summed E-state index contributed by atoms with van der Waals surface area (Å²) in [5.41, 5.74) is 1.43. The summed E-state index contributed by atoms with van der Waals surface area (Å²) in [6, 6.07) is 26.2. The van der Waals surface area contributed by atoms with Crippen molar-refractivity contribution < 1.29 is 14.4 Å². The molecule has 0 radical (unpaired) electrons. The lowest BCUT2D eigenvalue weighted by molar-refractivity contribution is -0.122. The summed E-state index contributed by atoms with van der Waals surface area (Å²) < 4.78 is 0. The van der Waals surface area contributed by atoms with Gasteiger partial charge in [-0.15, -0.1) is 0 Å². The molecule has 2 atom stereocenters. The van der Waals surface area contributed by atoms with E-state index >= 15 is 0 Å². The van der Waals surface area contributed by atoms with E-state index in [0.29, 0.717) is 11.1 Å². The first-order valence-electron chi connectivity index (χ1n) is 9.94. The Morgan fingerprint density at radius 1 is 0.552 bits per heavy atom. The number of carbonyl (C=O) groups is 3. The Balaban J connectivity index is 1.80. The smallest absolute Gasteiger partial charge is 0.178 e. The molecule has 1 fully saturated rings. The molecule has 2 aliphatic rings. The van der Waals surface area contributed by atoms with E-state index < -0.39 is 17.3 Å². The van der Waals surface area contributed by atoms with Gasteiger partial charge in [0.1, 0.15) is 11.2 Å². The standard InChI is InChI=1S/C26H20O3/c27-19-15-22(17-9-3-1-4-10-17)26(23(16-19)18-11-5-2-6-12-18)24(28)20-13-7-8-14-21(20)25(26)29/h1-14,22-23H,15-16H2/t22-,23-/m1/s1. The van der Waals surface area contributed by atoms with Crippen LogP contribution >= 0.6 is 0 Å². The lowest BCUT2D eigenvalue weighted by Crippen LogP contribution is -2.49. The van der Waals surface area contributed by atoms with Crippen molar-refractivity contribution >= 4 is 17.3 Å². The second-order valence-electron chi connectivity index (χ2n) is 7.95. The minimum atomic E-state index is -1.28. The van der Waals surface area contributed by atoms with E-state index in [0.717, 1.165) is 11.1 Å². The topological polar surface area (TPSA) is 51.2 Å². The van der Waals surface area contributed by atoms with Crippen LogP contribution < -0.4 is 0 Å². The number of Topliss-reactive ketones (excluding diaryl/α,β-unsaturated/α-hetero) is 3. The van der Waals surface area contributed by atoms with Crippen molar-refractivity contribution in [1.82, 2.24) is 0 Å². The molecular formula is C26H20O3. The molecule has 0 heterocycles. The molecule has 0 saturated heterocycles. The summed E-state index contributed by atoms with van der Waals surface area (Å²) in [6.07, 6.45) is 0.414. The maximum Gasteiger partial charge on any atom is 0.178 e. The Kier molecular flexibility index (Phi) is 4.06. The van der Waals surface area contributed by atoms with Gasteiger partial charge in [-0.2, -0.15) is 0 Å². The molecule has 0 amide bonds. The molecule has 3 aromatic carbocycles. The predicted octanol–water partition coefficient (Wildman–Crippen LogP) is 4.98. The SMILES string of the molecule is O=C1C[C@H](c2ccccc2)C2(C(=O)c3ccccc3C2=O)[C@@H](c2ccccc2)C1. The van der Waals surface area contributed by atoms with Crippen LogP contribution in [-0.4, -0.2) is 17.3 Å². The first kappa shape index (κ1) is 17.7. The highest BCUT2D eigenvalue weighted by molar-refractivity contribution is 6.31. The number of carbonyl (C=O) groups excluding carboxylic acids is 3. The molecular weight excluding hydrogens is 360 g/mol. The number of ketones is 3. The summed E-state index contributed by atoms with van der Waals surface area (Å²) in [6.45, 7) is 0. The van der Waals surface area contributed by atoms with Crippen molar-refractivity contribution in [2.75, 3.05) is 0 Å². The van der Waals surface area contributed by atoms with Crippen molar-refractivity contribution in [1.29, 1.82) is 0 Å². The highest BCUT2D eigenvalue weighted by atomic mass is 16.2. The Bertz CT molecular complexity index is 1030. The summed E-state index contributed by atoms with van der Waals surface area (Å²) in [5.74, 6) is -1.14. The predicted molar refractivity (Wildman–Crippen MR) is 110 cm³/mol. The van der Waals surface area contributed by atoms with Crippen LogP contribution in [0.2, 0.25) is 0 Å². The fourth-order valence-corrected chi connectivity index (χ4v) is 5.30. The third-order valence-corrected chi connectivity index (χ3v) is 6.53. The van der Waals surface area contributed by atoms with Gasteiger partial charge in [-0.3, -0.25) is 14.4 Å². The maximum atomic E-state index is 13.9. The molecule has 142 valence electrons. The lowest BCUT2D eigenvalue weighted by Gasteiger charge is -2.44. The van der Waals surface area contributed by atoms with Crippen molar-refractivity contribution in [3.05, 3.63) is 107 Å². The molecule has 29 heavy (non-hydrogen) atoms. The Labute approximate surface area is 169 Å². The molecule has 1 spiro atoms. The highest BCUT2D eigenvalue weighted by Gasteiger charge is 2.64. The van der Waals surface area contributed by atoms with Crippen LogP contribution in [0.3, 0.4) is 0 Å². The van der Waals surface area contributed by atoms with E-state index in [4.69, 9.17) is 0 Å².